The lowest BCUT2D eigenvalue weighted by Crippen LogP contribution is -2.08. The summed E-state index contributed by atoms with van der Waals surface area (Å²) < 4.78 is 13.1. The lowest BCUT2D eigenvalue weighted by molar-refractivity contribution is 0.0968. The number of aryl methyl sites for hydroxylation is 1. The highest BCUT2D eigenvalue weighted by Crippen LogP contribution is 2.30. The molecule has 1 aliphatic rings. The number of fused-ring (bicyclic) bond motifs is 1. The van der Waals surface area contributed by atoms with Crippen LogP contribution in [0.2, 0.25) is 0 Å². The van der Waals surface area contributed by atoms with Crippen LogP contribution in [0.5, 0.6) is 0 Å². The van der Waals surface area contributed by atoms with E-state index in [1.54, 1.807) is 29.2 Å². The molecule has 0 fully saturated rings. The Labute approximate surface area is 119 Å². The molecule has 0 spiro atoms. The molecule has 19 heavy (non-hydrogen) atoms. The fourth-order valence-electron chi connectivity index (χ4n) is 2.08. The largest absolute Gasteiger partial charge is 0.292 e. The Balaban J connectivity index is 1.72. The molecule has 98 valence electrons. The third-order valence-corrected chi connectivity index (χ3v) is 5.27. The molecule has 0 unspecified atom stereocenters. The first-order valence-electron chi connectivity index (χ1n) is 6.12. The Bertz CT molecular complexity index is 624. The van der Waals surface area contributed by atoms with E-state index in [9.17, 15) is 9.18 Å². The van der Waals surface area contributed by atoms with Crippen molar-refractivity contribution in [1.82, 2.24) is 4.98 Å². The fraction of sp³-hybridized carbons (Fsp3) is 0.286. The highest BCUT2D eigenvalue weighted by atomic mass is 32.2. The number of hydrogen-bond acceptors (Lipinski definition) is 4. The summed E-state index contributed by atoms with van der Waals surface area (Å²) >= 11 is 3.16. The quantitative estimate of drug-likeness (QED) is 0.798. The summed E-state index contributed by atoms with van der Waals surface area (Å²) in [6.45, 7) is 0. The van der Waals surface area contributed by atoms with Gasteiger partial charge >= 0.3 is 0 Å². The molecule has 0 saturated heterocycles. The number of carbonyl (C=O) groups excluding carboxylic acids is 1. The number of hydrogen-bond donors (Lipinski definition) is 0. The van der Waals surface area contributed by atoms with E-state index in [1.807, 2.05) is 6.07 Å². The van der Waals surface area contributed by atoms with Crippen LogP contribution in [-0.2, 0) is 12.2 Å². The topological polar surface area (TPSA) is 30.0 Å². The van der Waals surface area contributed by atoms with Crippen LogP contribution in [0.1, 0.15) is 33.2 Å². The number of ketones is 1. The molecule has 1 aliphatic carbocycles. The fourth-order valence-corrected chi connectivity index (χ4v) is 4.14. The maximum atomic E-state index is 13.1. The second-order valence-electron chi connectivity index (χ2n) is 4.40. The van der Waals surface area contributed by atoms with Crippen LogP contribution in [0.3, 0.4) is 0 Å². The molecule has 0 bridgehead atoms. The van der Waals surface area contributed by atoms with E-state index >= 15 is 0 Å². The zero-order valence-corrected chi connectivity index (χ0v) is 11.8. The molecular weight excluding hydrogens is 281 g/mol. The number of nitrogens with zero attached hydrogens (tertiary/aromatic N) is 1. The number of thiazole rings is 1. The van der Waals surface area contributed by atoms with Crippen molar-refractivity contribution in [2.24, 2.45) is 0 Å². The van der Waals surface area contributed by atoms with Gasteiger partial charge in [0, 0.05) is 16.2 Å². The minimum Gasteiger partial charge on any atom is -0.292 e. The number of rotatable bonds is 3. The van der Waals surface area contributed by atoms with Crippen molar-refractivity contribution in [2.75, 3.05) is 0 Å². The first-order valence-corrected chi connectivity index (χ1v) is 7.93. The Morgan fingerprint density at radius 2 is 2.26 bits per heavy atom. The van der Waals surface area contributed by atoms with Crippen LogP contribution in [0, 0.1) is 5.82 Å². The average molecular weight is 293 g/mol. The molecule has 2 nitrogen and oxygen atoms in total. The van der Waals surface area contributed by atoms with Gasteiger partial charge in [0.1, 0.15) is 16.5 Å². The molecular formula is C14H12FNOS2. The van der Waals surface area contributed by atoms with Crippen molar-refractivity contribution in [1.29, 1.82) is 0 Å². The van der Waals surface area contributed by atoms with Gasteiger partial charge in [-0.25, -0.2) is 9.37 Å². The van der Waals surface area contributed by atoms with Crippen molar-refractivity contribution in [3.63, 3.8) is 0 Å². The normalized spacial score (nSPS) is 14.5. The number of thioether (sulfide) groups is 1. The SMILES string of the molecule is O=C1CCCc2sc(CSc3cccc(F)c3)nc21. The summed E-state index contributed by atoms with van der Waals surface area (Å²) in [4.78, 5) is 18.1. The number of halogens is 1. The molecule has 0 amide bonds. The van der Waals surface area contributed by atoms with Crippen LogP contribution < -0.4 is 0 Å². The van der Waals surface area contributed by atoms with E-state index < -0.39 is 0 Å². The summed E-state index contributed by atoms with van der Waals surface area (Å²) in [5.41, 5.74) is 0.672. The van der Waals surface area contributed by atoms with Gasteiger partial charge < -0.3 is 0 Å². The van der Waals surface area contributed by atoms with Crippen LogP contribution >= 0.6 is 23.1 Å². The van der Waals surface area contributed by atoms with Crippen molar-refractivity contribution in [3.8, 4) is 0 Å². The van der Waals surface area contributed by atoms with E-state index in [-0.39, 0.29) is 11.6 Å². The Kier molecular flexibility index (Phi) is 3.66. The van der Waals surface area contributed by atoms with Crippen molar-refractivity contribution in [2.45, 2.75) is 29.9 Å². The van der Waals surface area contributed by atoms with Gasteiger partial charge in [0.2, 0.25) is 0 Å². The smallest absolute Gasteiger partial charge is 0.182 e. The molecule has 0 radical (unpaired) electrons. The van der Waals surface area contributed by atoms with E-state index in [2.05, 4.69) is 4.98 Å². The molecule has 0 aliphatic heterocycles. The van der Waals surface area contributed by atoms with Crippen LogP contribution in [0.25, 0.3) is 0 Å². The average Bonchev–Trinajstić information content (AvgIpc) is 2.81. The van der Waals surface area contributed by atoms with Crippen molar-refractivity contribution in [3.05, 3.63) is 45.7 Å². The zero-order chi connectivity index (χ0) is 13.2. The number of benzene rings is 1. The van der Waals surface area contributed by atoms with Gasteiger partial charge in [0.15, 0.2) is 5.78 Å². The first-order chi connectivity index (χ1) is 9.22. The predicted octanol–water partition coefficient (Wildman–Crippen LogP) is 4.09. The molecule has 0 N–H and O–H groups in total. The number of carbonyl (C=O) groups is 1. The van der Waals surface area contributed by atoms with Gasteiger partial charge in [-0.05, 0) is 31.0 Å². The van der Waals surface area contributed by atoms with E-state index in [0.29, 0.717) is 17.9 Å². The summed E-state index contributed by atoms with van der Waals surface area (Å²) in [5.74, 6) is 0.632. The molecule has 3 rings (SSSR count). The predicted molar refractivity (Wildman–Crippen MR) is 75.3 cm³/mol. The zero-order valence-electron chi connectivity index (χ0n) is 10.2. The highest BCUT2D eigenvalue weighted by molar-refractivity contribution is 7.98. The summed E-state index contributed by atoms with van der Waals surface area (Å²) in [7, 11) is 0. The van der Waals surface area contributed by atoms with Gasteiger partial charge in [-0.2, -0.15) is 0 Å². The minimum atomic E-state index is -0.224. The van der Waals surface area contributed by atoms with Gasteiger partial charge in [0.05, 0.1) is 5.75 Å². The Morgan fingerprint density at radius 3 is 3.05 bits per heavy atom. The van der Waals surface area contributed by atoms with Crippen molar-refractivity contribution >= 4 is 28.9 Å². The molecule has 5 heteroatoms. The molecule has 2 aromatic rings. The molecule has 1 aromatic carbocycles. The van der Waals surface area contributed by atoms with Gasteiger partial charge in [-0.15, -0.1) is 23.1 Å². The molecule has 1 aromatic heterocycles. The number of aromatic nitrogens is 1. The molecule has 0 atom stereocenters. The summed E-state index contributed by atoms with van der Waals surface area (Å²) in [6, 6.07) is 6.54. The second kappa shape index (κ2) is 5.43. The standard InChI is InChI=1S/C14H12FNOS2/c15-9-3-1-4-10(7-9)18-8-13-16-14-11(17)5-2-6-12(14)19-13/h1,3-4,7H,2,5-6,8H2. The van der Waals surface area contributed by atoms with E-state index in [1.165, 1.54) is 12.1 Å². The maximum absolute atomic E-state index is 13.1. The lowest BCUT2D eigenvalue weighted by Gasteiger charge is -2.06. The van der Waals surface area contributed by atoms with Gasteiger partial charge in [-0.3, -0.25) is 4.79 Å². The lowest BCUT2D eigenvalue weighted by atomic mass is 10.0. The van der Waals surface area contributed by atoms with Crippen LogP contribution in [0.15, 0.2) is 29.2 Å². The van der Waals surface area contributed by atoms with E-state index in [4.69, 9.17) is 0 Å². The third-order valence-electron chi connectivity index (χ3n) is 2.97. The van der Waals surface area contributed by atoms with Crippen LogP contribution in [-0.4, -0.2) is 10.8 Å². The van der Waals surface area contributed by atoms with Gasteiger partial charge in [0.25, 0.3) is 0 Å². The Hall–Kier alpha value is -1.20. The molecule has 1 heterocycles. The highest BCUT2D eigenvalue weighted by Gasteiger charge is 2.21. The third kappa shape index (κ3) is 2.87. The maximum Gasteiger partial charge on any atom is 0.182 e. The van der Waals surface area contributed by atoms with Crippen molar-refractivity contribution < 1.29 is 9.18 Å². The van der Waals surface area contributed by atoms with Crippen LogP contribution in [0.4, 0.5) is 4.39 Å². The summed E-state index contributed by atoms with van der Waals surface area (Å²) in [5, 5.41) is 0.953. The second-order valence-corrected chi connectivity index (χ2v) is 6.62. The minimum absolute atomic E-state index is 0.166. The monoisotopic (exact) mass is 293 g/mol. The Morgan fingerprint density at radius 1 is 1.37 bits per heavy atom. The first kappa shape index (κ1) is 12.8. The van der Waals surface area contributed by atoms with E-state index in [0.717, 1.165) is 27.6 Å². The van der Waals surface area contributed by atoms with Gasteiger partial charge in [-0.1, -0.05) is 6.07 Å². The number of Topliss-reactive ketones (excluding diaryl/α,β-unsaturated/α-hetero) is 1. The molecule has 0 saturated carbocycles. The summed E-state index contributed by atoms with van der Waals surface area (Å²) in [6.07, 6.45) is 2.51.